The SMILES string of the molecule is CCOC(=O)C1=NN(c2ccc(Cl)cc2)C2(C(=O)Nc3cc(Cl)ccc32)C1c1cccc(Cl)c1F. The highest BCUT2D eigenvalue weighted by Gasteiger charge is 2.64. The number of rotatable bonds is 4. The smallest absolute Gasteiger partial charge is 0.355 e. The van der Waals surface area contributed by atoms with Crippen LogP contribution in [0.5, 0.6) is 0 Å². The number of nitrogens with one attached hydrogen (secondary N) is 1. The fraction of sp³-hybridized carbons (Fsp3) is 0.160. The van der Waals surface area contributed by atoms with E-state index < -0.39 is 29.2 Å². The second kappa shape index (κ2) is 8.82. The molecule has 178 valence electrons. The lowest BCUT2D eigenvalue weighted by Crippen LogP contribution is -2.51. The van der Waals surface area contributed by atoms with Crippen LogP contribution in [0.3, 0.4) is 0 Å². The van der Waals surface area contributed by atoms with Gasteiger partial charge < -0.3 is 10.1 Å². The van der Waals surface area contributed by atoms with Crippen molar-refractivity contribution in [2.24, 2.45) is 5.10 Å². The molecule has 2 unspecified atom stereocenters. The summed E-state index contributed by atoms with van der Waals surface area (Å²) in [4.78, 5) is 27.1. The summed E-state index contributed by atoms with van der Waals surface area (Å²) in [6.45, 7) is 1.71. The molecule has 0 fully saturated rings. The Bertz CT molecular complexity index is 1400. The van der Waals surface area contributed by atoms with Crippen molar-refractivity contribution in [1.29, 1.82) is 0 Å². The average Bonchev–Trinajstić information content (AvgIpc) is 3.32. The second-order valence-corrected chi connectivity index (χ2v) is 9.26. The molecule has 35 heavy (non-hydrogen) atoms. The third kappa shape index (κ3) is 3.57. The number of carbonyl (C=O) groups is 2. The first-order valence-corrected chi connectivity index (χ1v) is 11.8. The molecule has 0 bridgehead atoms. The molecular weight excluding hydrogens is 516 g/mol. The molecule has 3 aromatic carbocycles. The Balaban J connectivity index is 1.86. The molecular formula is C25H17Cl3FN3O3. The third-order valence-corrected chi connectivity index (χ3v) is 6.85. The summed E-state index contributed by atoms with van der Waals surface area (Å²) < 4.78 is 20.8. The fourth-order valence-electron chi connectivity index (χ4n) is 4.68. The van der Waals surface area contributed by atoms with Gasteiger partial charge in [0, 0.05) is 26.9 Å². The van der Waals surface area contributed by atoms with Crippen LogP contribution >= 0.6 is 34.8 Å². The Morgan fingerprint density at radius 3 is 2.54 bits per heavy atom. The quantitative estimate of drug-likeness (QED) is 0.409. The van der Waals surface area contributed by atoms with Gasteiger partial charge in [0.05, 0.1) is 23.2 Å². The van der Waals surface area contributed by atoms with Crippen molar-refractivity contribution in [3.05, 3.63) is 92.7 Å². The minimum Gasteiger partial charge on any atom is -0.461 e. The van der Waals surface area contributed by atoms with Crippen molar-refractivity contribution in [3.8, 4) is 0 Å². The maximum absolute atomic E-state index is 15.5. The first kappa shape index (κ1) is 23.6. The van der Waals surface area contributed by atoms with Crippen molar-refractivity contribution in [2.75, 3.05) is 16.9 Å². The molecule has 6 nitrogen and oxygen atoms in total. The summed E-state index contributed by atoms with van der Waals surface area (Å²) >= 11 is 18.4. The number of amides is 1. The summed E-state index contributed by atoms with van der Waals surface area (Å²) in [5.74, 6) is -3.25. The van der Waals surface area contributed by atoms with Gasteiger partial charge in [-0.05, 0) is 49.4 Å². The Kier molecular flexibility index (Phi) is 5.95. The number of esters is 1. The number of fused-ring (bicyclic) bond motifs is 2. The minimum atomic E-state index is -1.68. The number of hydrogen-bond acceptors (Lipinski definition) is 5. The van der Waals surface area contributed by atoms with E-state index in [0.717, 1.165) is 0 Å². The van der Waals surface area contributed by atoms with Gasteiger partial charge in [-0.2, -0.15) is 5.10 Å². The van der Waals surface area contributed by atoms with E-state index in [-0.39, 0.29) is 22.9 Å². The van der Waals surface area contributed by atoms with E-state index in [1.165, 1.54) is 17.1 Å². The van der Waals surface area contributed by atoms with Gasteiger partial charge in [0.25, 0.3) is 5.91 Å². The monoisotopic (exact) mass is 531 g/mol. The van der Waals surface area contributed by atoms with Crippen LogP contribution in [0, 0.1) is 5.82 Å². The fourth-order valence-corrected chi connectivity index (χ4v) is 5.16. The van der Waals surface area contributed by atoms with Crippen molar-refractivity contribution >= 4 is 63.8 Å². The summed E-state index contributed by atoms with van der Waals surface area (Å²) in [5, 5.41) is 9.53. The van der Waals surface area contributed by atoms with E-state index in [0.29, 0.717) is 27.0 Å². The number of hydrogen-bond donors (Lipinski definition) is 1. The van der Waals surface area contributed by atoms with Gasteiger partial charge >= 0.3 is 5.97 Å². The Hall–Kier alpha value is -3.13. The van der Waals surface area contributed by atoms with Gasteiger partial charge in [-0.25, -0.2) is 14.2 Å². The van der Waals surface area contributed by atoms with Gasteiger partial charge in [0.2, 0.25) is 0 Å². The first-order valence-electron chi connectivity index (χ1n) is 10.7. The van der Waals surface area contributed by atoms with E-state index in [1.54, 1.807) is 55.5 Å². The first-order chi connectivity index (χ1) is 16.8. The lowest BCUT2D eigenvalue weighted by Gasteiger charge is -2.37. The number of anilines is 2. The molecule has 1 spiro atoms. The zero-order chi connectivity index (χ0) is 24.9. The highest BCUT2D eigenvalue weighted by atomic mass is 35.5. The predicted molar refractivity (Wildman–Crippen MR) is 134 cm³/mol. The number of nitrogens with zero attached hydrogens (tertiary/aromatic N) is 2. The maximum atomic E-state index is 15.5. The number of benzene rings is 3. The highest BCUT2D eigenvalue weighted by Crippen LogP contribution is 2.56. The lowest BCUT2D eigenvalue weighted by molar-refractivity contribution is -0.135. The number of halogens is 4. The molecule has 0 saturated carbocycles. The van der Waals surface area contributed by atoms with E-state index in [1.807, 2.05) is 0 Å². The normalized spacial score (nSPS) is 20.6. The van der Waals surface area contributed by atoms with E-state index in [2.05, 4.69) is 10.4 Å². The molecule has 1 amide bonds. The molecule has 0 saturated heterocycles. The standard InChI is InChI=1S/C25H17Cl3FN3O3/c1-2-35-23(33)22-20(16-4-3-5-18(28)21(16)29)25(32(31-22)15-9-6-13(26)7-10-15)17-11-8-14(27)12-19(17)30-24(25)34/h3-12,20H,2H2,1H3,(H,30,34). The van der Waals surface area contributed by atoms with Crippen LogP contribution < -0.4 is 10.3 Å². The van der Waals surface area contributed by atoms with Crippen LogP contribution in [0.2, 0.25) is 15.1 Å². The molecule has 0 radical (unpaired) electrons. The van der Waals surface area contributed by atoms with Crippen molar-refractivity contribution in [3.63, 3.8) is 0 Å². The summed E-state index contributed by atoms with van der Waals surface area (Å²) in [5.41, 5.74) is -0.441. The molecule has 0 aromatic heterocycles. The zero-order valence-electron chi connectivity index (χ0n) is 18.2. The molecule has 2 atom stereocenters. The van der Waals surface area contributed by atoms with E-state index in [9.17, 15) is 9.59 Å². The molecule has 10 heteroatoms. The van der Waals surface area contributed by atoms with Crippen molar-refractivity contribution < 1.29 is 18.7 Å². The highest BCUT2D eigenvalue weighted by molar-refractivity contribution is 6.42. The predicted octanol–water partition coefficient (Wildman–Crippen LogP) is 6.16. The molecule has 2 aliphatic heterocycles. The molecule has 0 aliphatic carbocycles. The van der Waals surface area contributed by atoms with Gasteiger partial charge in [0.15, 0.2) is 11.3 Å². The molecule has 5 rings (SSSR count). The van der Waals surface area contributed by atoms with Crippen molar-refractivity contribution in [1.82, 2.24) is 0 Å². The molecule has 2 aliphatic rings. The van der Waals surface area contributed by atoms with Gasteiger partial charge in [-0.3, -0.25) is 4.79 Å². The van der Waals surface area contributed by atoms with Crippen LogP contribution in [0.15, 0.2) is 65.8 Å². The Labute approximate surface area is 215 Å². The van der Waals surface area contributed by atoms with E-state index in [4.69, 9.17) is 39.5 Å². The summed E-state index contributed by atoms with van der Waals surface area (Å²) in [6.07, 6.45) is 0. The Morgan fingerprint density at radius 1 is 1.11 bits per heavy atom. The van der Waals surface area contributed by atoms with Gasteiger partial charge in [0.1, 0.15) is 5.82 Å². The largest absolute Gasteiger partial charge is 0.461 e. The topological polar surface area (TPSA) is 71.0 Å². The van der Waals surface area contributed by atoms with Gasteiger partial charge in [-0.15, -0.1) is 0 Å². The number of ether oxygens (including phenoxy) is 1. The van der Waals surface area contributed by atoms with Crippen LogP contribution in [0.1, 0.15) is 24.0 Å². The molecule has 1 N–H and O–H groups in total. The van der Waals surface area contributed by atoms with Crippen LogP contribution in [-0.2, 0) is 19.9 Å². The van der Waals surface area contributed by atoms with Gasteiger partial charge in [-0.1, -0.05) is 53.0 Å². The van der Waals surface area contributed by atoms with E-state index >= 15 is 4.39 Å². The zero-order valence-corrected chi connectivity index (χ0v) is 20.5. The second-order valence-electron chi connectivity index (χ2n) is 7.98. The lowest BCUT2D eigenvalue weighted by atomic mass is 9.72. The average molecular weight is 533 g/mol. The van der Waals surface area contributed by atoms with Crippen LogP contribution in [-0.4, -0.2) is 24.2 Å². The summed E-state index contributed by atoms with van der Waals surface area (Å²) in [7, 11) is 0. The minimum absolute atomic E-state index is 0.0266. The van der Waals surface area contributed by atoms with Crippen molar-refractivity contribution in [2.45, 2.75) is 18.4 Å². The van der Waals surface area contributed by atoms with Crippen LogP contribution in [0.4, 0.5) is 15.8 Å². The number of carbonyl (C=O) groups excluding carboxylic acids is 2. The Morgan fingerprint density at radius 2 is 1.83 bits per heavy atom. The maximum Gasteiger partial charge on any atom is 0.355 e. The van der Waals surface area contributed by atoms with Crippen LogP contribution in [0.25, 0.3) is 0 Å². The molecule has 2 heterocycles. The summed E-state index contributed by atoms with van der Waals surface area (Å²) in [6, 6.07) is 15.9. The third-order valence-electron chi connectivity index (χ3n) is 6.07. The molecule has 3 aromatic rings. The number of hydrazone groups is 1.